The lowest BCUT2D eigenvalue weighted by atomic mass is 9.91. The van der Waals surface area contributed by atoms with Crippen molar-refractivity contribution in [2.45, 2.75) is 20.8 Å². The molecule has 7 heteroatoms. The third kappa shape index (κ3) is 4.46. The highest BCUT2D eigenvalue weighted by atomic mass is 79.9. The van der Waals surface area contributed by atoms with Crippen molar-refractivity contribution in [1.29, 1.82) is 0 Å². The molecule has 0 saturated carbocycles. The molecule has 0 aliphatic carbocycles. The number of aromatic amines is 1. The Labute approximate surface area is 160 Å². The molecule has 0 fully saturated rings. The summed E-state index contributed by atoms with van der Waals surface area (Å²) in [5.41, 5.74) is 0.0502. The summed E-state index contributed by atoms with van der Waals surface area (Å²) in [7, 11) is 1.57. The van der Waals surface area contributed by atoms with Gasteiger partial charge in [0.25, 0.3) is 5.56 Å². The second-order valence-electron chi connectivity index (χ2n) is 6.20. The first kappa shape index (κ1) is 19.1. The largest absolute Gasteiger partial charge is 0.495 e. The zero-order valence-corrected chi connectivity index (χ0v) is 17.7. The Kier molecular flexibility index (Phi) is 5.88. The van der Waals surface area contributed by atoms with Gasteiger partial charge in [-0.1, -0.05) is 36.7 Å². The second-order valence-corrected chi connectivity index (χ2v) is 9.05. The van der Waals surface area contributed by atoms with Crippen molar-refractivity contribution in [2.75, 3.05) is 7.11 Å². The number of hydrogen-bond donors (Lipinski definition) is 1. The van der Waals surface area contributed by atoms with Crippen molar-refractivity contribution in [3.63, 3.8) is 0 Å². The average Bonchev–Trinajstić information content (AvgIpc) is 2.77. The molecule has 0 atom stereocenters. The molecule has 1 aromatic heterocycles. The summed E-state index contributed by atoms with van der Waals surface area (Å²) >= 11 is 8.11. The normalized spacial score (nSPS) is 13.4. The number of carbonyl (C=O) groups is 1. The third-order valence-electron chi connectivity index (χ3n) is 3.21. The Morgan fingerprint density at radius 2 is 1.96 bits per heavy atom. The maximum Gasteiger partial charge on any atom is 0.266 e. The molecular formula is C17H17Br2NO3S. The predicted molar refractivity (Wildman–Crippen MR) is 105 cm³/mol. The van der Waals surface area contributed by atoms with Gasteiger partial charge in [0.2, 0.25) is 0 Å². The van der Waals surface area contributed by atoms with Crippen molar-refractivity contribution in [2.24, 2.45) is 5.41 Å². The molecular weight excluding hydrogens is 458 g/mol. The summed E-state index contributed by atoms with van der Waals surface area (Å²) in [4.78, 5) is 27.0. The van der Waals surface area contributed by atoms with Crippen LogP contribution in [0, 0.1) is 5.41 Å². The zero-order valence-electron chi connectivity index (χ0n) is 13.7. The number of thiazole rings is 1. The van der Waals surface area contributed by atoms with Crippen molar-refractivity contribution in [3.8, 4) is 5.75 Å². The van der Waals surface area contributed by atoms with E-state index in [4.69, 9.17) is 4.74 Å². The summed E-state index contributed by atoms with van der Waals surface area (Å²) in [6, 6.07) is 3.74. The van der Waals surface area contributed by atoms with Gasteiger partial charge in [-0.15, -0.1) is 11.3 Å². The van der Waals surface area contributed by atoms with Gasteiger partial charge in [0.05, 0.1) is 20.8 Å². The fraction of sp³-hybridized carbons (Fsp3) is 0.294. The highest BCUT2D eigenvalue weighted by Gasteiger charge is 2.18. The molecule has 0 aliphatic rings. The molecule has 0 radical (unpaired) electrons. The van der Waals surface area contributed by atoms with Crippen LogP contribution >= 0.6 is 43.2 Å². The van der Waals surface area contributed by atoms with E-state index >= 15 is 0 Å². The number of benzene rings is 1. The molecule has 4 nitrogen and oxygen atoms in total. The van der Waals surface area contributed by atoms with Gasteiger partial charge in [-0.2, -0.15) is 0 Å². The van der Waals surface area contributed by atoms with E-state index < -0.39 is 5.41 Å². The third-order valence-corrected chi connectivity index (χ3v) is 5.22. The molecule has 24 heavy (non-hydrogen) atoms. The molecule has 0 unspecified atom stereocenters. The van der Waals surface area contributed by atoms with Crippen molar-refractivity contribution in [3.05, 3.63) is 46.2 Å². The fourth-order valence-electron chi connectivity index (χ4n) is 1.90. The van der Waals surface area contributed by atoms with Crippen LogP contribution in [0.4, 0.5) is 0 Å². The van der Waals surface area contributed by atoms with Crippen LogP contribution in [-0.2, 0) is 4.79 Å². The van der Waals surface area contributed by atoms with E-state index in [0.717, 1.165) is 14.5 Å². The number of ether oxygens (including phenoxy) is 1. The first-order valence-electron chi connectivity index (χ1n) is 7.12. The van der Waals surface area contributed by atoms with Crippen molar-refractivity contribution < 1.29 is 9.53 Å². The highest BCUT2D eigenvalue weighted by molar-refractivity contribution is 9.11. The summed E-state index contributed by atoms with van der Waals surface area (Å²) < 4.78 is 8.09. The first-order chi connectivity index (χ1) is 11.1. The molecule has 1 N–H and O–H groups in total. The lowest BCUT2D eigenvalue weighted by molar-refractivity contribution is -0.119. The smallest absolute Gasteiger partial charge is 0.266 e. The molecule has 0 amide bonds. The molecule has 2 aromatic rings. The molecule has 0 bridgehead atoms. The maximum absolute atomic E-state index is 12.2. The van der Waals surface area contributed by atoms with Gasteiger partial charge < -0.3 is 9.72 Å². The van der Waals surface area contributed by atoms with Crippen LogP contribution in [0.15, 0.2) is 25.9 Å². The van der Waals surface area contributed by atoms with Gasteiger partial charge >= 0.3 is 0 Å². The van der Waals surface area contributed by atoms with Crippen molar-refractivity contribution >= 4 is 61.1 Å². The number of ketones is 1. The second kappa shape index (κ2) is 7.37. The van der Waals surface area contributed by atoms with Crippen molar-refractivity contribution in [1.82, 2.24) is 4.98 Å². The van der Waals surface area contributed by atoms with E-state index in [1.807, 2.05) is 32.9 Å². The minimum Gasteiger partial charge on any atom is -0.495 e. The first-order valence-corrected chi connectivity index (χ1v) is 9.52. The Balaban J connectivity index is 2.60. The summed E-state index contributed by atoms with van der Waals surface area (Å²) in [5, 5.41) is 0. The molecule has 1 heterocycles. The molecule has 2 rings (SSSR count). The van der Waals surface area contributed by atoms with Gasteiger partial charge in [-0.3, -0.25) is 9.59 Å². The predicted octanol–water partition coefficient (Wildman–Crippen LogP) is 3.19. The Morgan fingerprint density at radius 3 is 2.54 bits per heavy atom. The number of methoxy groups -OCH3 is 1. The van der Waals surface area contributed by atoms with E-state index in [2.05, 4.69) is 36.8 Å². The van der Waals surface area contributed by atoms with Crippen LogP contribution in [0.5, 0.6) is 5.75 Å². The minimum absolute atomic E-state index is 0.0330. The maximum atomic E-state index is 12.2. The number of carbonyl (C=O) groups excluding carboxylic acids is 1. The fourth-order valence-corrected chi connectivity index (χ4v) is 4.20. The number of Topliss-reactive ketones (excluding diaryl/α,β-unsaturated/α-hetero) is 1. The van der Waals surface area contributed by atoms with E-state index in [0.29, 0.717) is 14.9 Å². The number of halogens is 2. The van der Waals surface area contributed by atoms with Crippen LogP contribution < -0.4 is 19.5 Å². The topological polar surface area (TPSA) is 59.2 Å². The summed E-state index contributed by atoms with van der Waals surface area (Å²) in [6.07, 6.45) is 3.23. The van der Waals surface area contributed by atoms with Gasteiger partial charge in [0.1, 0.15) is 5.75 Å². The monoisotopic (exact) mass is 473 g/mol. The van der Waals surface area contributed by atoms with Gasteiger partial charge in [0, 0.05) is 21.5 Å². The van der Waals surface area contributed by atoms with Gasteiger partial charge in [-0.25, -0.2) is 0 Å². The van der Waals surface area contributed by atoms with Crippen LogP contribution in [-0.4, -0.2) is 17.9 Å². The van der Waals surface area contributed by atoms with E-state index in [1.54, 1.807) is 13.2 Å². The standard InChI is InChI=1S/C17H17Br2NO3S/c1-17(2,3)13(21)8-14-20-16(22)12(24-14)6-9-5-10(18)7-11(19)15(9)23-4/h5-8H,1-4H3,(H,20,22)/b12-6-,14-8-. The number of rotatable bonds is 3. The molecule has 0 saturated heterocycles. The number of H-pyrrole nitrogens is 1. The number of aromatic nitrogens is 1. The van der Waals surface area contributed by atoms with E-state index in [9.17, 15) is 9.59 Å². The zero-order chi connectivity index (χ0) is 18.1. The number of nitrogens with one attached hydrogen (secondary N) is 1. The quantitative estimate of drug-likeness (QED) is 0.743. The SMILES string of the molecule is COc1c(Br)cc(Br)cc1/C=c1\s/c(=C\C(=O)C(C)(C)C)[nH]c1=O. The van der Waals surface area contributed by atoms with Gasteiger partial charge in [-0.05, 0) is 34.1 Å². The summed E-state index contributed by atoms with van der Waals surface area (Å²) in [5.74, 6) is 0.608. The van der Waals surface area contributed by atoms with Crippen LogP contribution in [0.2, 0.25) is 0 Å². The number of hydrogen-bond acceptors (Lipinski definition) is 4. The van der Waals surface area contributed by atoms with Gasteiger partial charge in [0.15, 0.2) is 5.78 Å². The molecule has 0 aliphatic heterocycles. The average molecular weight is 475 g/mol. The Bertz CT molecular complexity index is 952. The molecule has 1 aromatic carbocycles. The Morgan fingerprint density at radius 1 is 1.29 bits per heavy atom. The molecule has 0 spiro atoms. The van der Waals surface area contributed by atoms with Crippen LogP contribution in [0.25, 0.3) is 12.2 Å². The molecule has 128 valence electrons. The minimum atomic E-state index is -0.483. The lowest BCUT2D eigenvalue weighted by Crippen LogP contribution is -2.22. The summed E-state index contributed by atoms with van der Waals surface area (Å²) in [6.45, 7) is 5.53. The lowest BCUT2D eigenvalue weighted by Gasteiger charge is -2.12. The Hall–Kier alpha value is -1.18. The highest BCUT2D eigenvalue weighted by Crippen LogP contribution is 2.32. The van der Waals surface area contributed by atoms with Crippen LogP contribution in [0.3, 0.4) is 0 Å². The van der Waals surface area contributed by atoms with Crippen LogP contribution in [0.1, 0.15) is 26.3 Å². The van der Waals surface area contributed by atoms with E-state index in [1.165, 1.54) is 17.4 Å². The van der Waals surface area contributed by atoms with E-state index in [-0.39, 0.29) is 11.3 Å².